The lowest BCUT2D eigenvalue weighted by Gasteiger charge is -2.20. The topological polar surface area (TPSA) is 37.4 Å². The summed E-state index contributed by atoms with van der Waals surface area (Å²) in [5.41, 5.74) is 0.844. The van der Waals surface area contributed by atoms with Crippen molar-refractivity contribution in [2.24, 2.45) is 0 Å². The van der Waals surface area contributed by atoms with Crippen molar-refractivity contribution in [3.8, 4) is 0 Å². The van der Waals surface area contributed by atoms with Crippen molar-refractivity contribution in [2.45, 2.75) is 25.5 Å². The van der Waals surface area contributed by atoms with E-state index in [9.17, 15) is 8.42 Å². The second-order valence-electron chi connectivity index (χ2n) is 4.13. The normalized spacial score (nSPS) is 11.9. The first kappa shape index (κ1) is 15.7. The molecule has 0 spiro atoms. The maximum Gasteiger partial charge on any atom is 0.218 e. The molecule has 0 unspecified atom stereocenters. The molecule has 0 fully saturated rings. The Morgan fingerprint density at radius 1 is 1.17 bits per heavy atom. The number of unbranched alkanes of at least 4 members (excludes halogenated alkanes) is 1. The predicted molar refractivity (Wildman–Crippen MR) is 79.3 cm³/mol. The van der Waals surface area contributed by atoms with Crippen LogP contribution in [0.15, 0.2) is 30.3 Å². The first-order valence-corrected chi connectivity index (χ1v) is 8.91. The van der Waals surface area contributed by atoms with Gasteiger partial charge in [0.1, 0.15) is 0 Å². The standard InChI is InChI=1S/C13H20BrNO2S/c1-2-15(11-7-6-10-14)18(16,17)12-13-8-4-3-5-9-13/h3-5,8-9H,2,6-7,10-12H2,1H3. The fraction of sp³-hybridized carbons (Fsp3) is 0.538. The number of benzene rings is 1. The summed E-state index contributed by atoms with van der Waals surface area (Å²) >= 11 is 3.36. The Labute approximate surface area is 118 Å². The number of hydrogen-bond donors (Lipinski definition) is 0. The van der Waals surface area contributed by atoms with Gasteiger partial charge in [-0.3, -0.25) is 0 Å². The molecule has 0 aromatic heterocycles. The molecule has 0 aliphatic carbocycles. The SMILES string of the molecule is CCN(CCCCBr)S(=O)(=O)Cc1ccccc1. The lowest BCUT2D eigenvalue weighted by molar-refractivity contribution is 0.419. The van der Waals surface area contributed by atoms with Crippen LogP contribution < -0.4 is 0 Å². The minimum absolute atomic E-state index is 0.0932. The van der Waals surface area contributed by atoms with Crippen LogP contribution in [-0.2, 0) is 15.8 Å². The van der Waals surface area contributed by atoms with E-state index in [1.807, 2.05) is 37.3 Å². The Morgan fingerprint density at radius 2 is 1.83 bits per heavy atom. The summed E-state index contributed by atoms with van der Waals surface area (Å²) in [6, 6.07) is 9.33. The minimum atomic E-state index is -3.19. The van der Waals surface area contributed by atoms with Crippen molar-refractivity contribution < 1.29 is 8.42 Å². The van der Waals surface area contributed by atoms with Gasteiger partial charge in [0, 0.05) is 18.4 Å². The molecule has 1 rings (SSSR count). The third-order valence-corrected chi connectivity index (χ3v) is 5.22. The van der Waals surface area contributed by atoms with E-state index in [0.717, 1.165) is 23.7 Å². The van der Waals surface area contributed by atoms with E-state index in [-0.39, 0.29) is 5.75 Å². The van der Waals surface area contributed by atoms with Crippen molar-refractivity contribution in [3.05, 3.63) is 35.9 Å². The molecular formula is C13H20BrNO2S. The van der Waals surface area contributed by atoms with Gasteiger partial charge in [-0.15, -0.1) is 0 Å². The Morgan fingerprint density at radius 3 is 2.39 bits per heavy atom. The highest BCUT2D eigenvalue weighted by Gasteiger charge is 2.20. The summed E-state index contributed by atoms with van der Waals surface area (Å²) in [5, 5.41) is 0.920. The first-order valence-electron chi connectivity index (χ1n) is 6.18. The second-order valence-corrected chi connectivity index (χ2v) is 6.89. The summed E-state index contributed by atoms with van der Waals surface area (Å²) < 4.78 is 26.1. The van der Waals surface area contributed by atoms with E-state index < -0.39 is 10.0 Å². The summed E-state index contributed by atoms with van der Waals surface area (Å²) in [4.78, 5) is 0. The Kier molecular flexibility index (Phi) is 6.89. The summed E-state index contributed by atoms with van der Waals surface area (Å²) in [5.74, 6) is 0.0932. The van der Waals surface area contributed by atoms with Gasteiger partial charge in [-0.25, -0.2) is 12.7 Å². The third-order valence-electron chi connectivity index (χ3n) is 2.73. The summed E-state index contributed by atoms with van der Waals surface area (Å²) in [7, 11) is -3.19. The highest BCUT2D eigenvalue weighted by molar-refractivity contribution is 9.09. The average molecular weight is 334 g/mol. The van der Waals surface area contributed by atoms with Crippen LogP contribution in [0.5, 0.6) is 0 Å². The fourth-order valence-corrected chi connectivity index (χ4v) is 3.75. The van der Waals surface area contributed by atoms with Crippen molar-refractivity contribution in [2.75, 3.05) is 18.4 Å². The van der Waals surface area contributed by atoms with E-state index in [1.54, 1.807) is 4.31 Å². The van der Waals surface area contributed by atoms with Crippen LogP contribution in [-0.4, -0.2) is 31.1 Å². The van der Waals surface area contributed by atoms with E-state index >= 15 is 0 Å². The van der Waals surface area contributed by atoms with E-state index in [2.05, 4.69) is 15.9 Å². The van der Waals surface area contributed by atoms with Gasteiger partial charge in [-0.05, 0) is 18.4 Å². The van der Waals surface area contributed by atoms with E-state index in [1.165, 1.54) is 0 Å². The molecule has 0 amide bonds. The quantitative estimate of drug-likeness (QED) is 0.541. The van der Waals surface area contributed by atoms with E-state index in [4.69, 9.17) is 0 Å². The van der Waals surface area contributed by atoms with E-state index in [0.29, 0.717) is 13.1 Å². The number of hydrogen-bond acceptors (Lipinski definition) is 2. The predicted octanol–water partition coefficient (Wildman–Crippen LogP) is 3.01. The number of sulfonamides is 1. The Balaban J connectivity index is 2.65. The highest BCUT2D eigenvalue weighted by Crippen LogP contribution is 2.11. The van der Waals surface area contributed by atoms with Gasteiger partial charge in [-0.2, -0.15) is 0 Å². The van der Waals surface area contributed by atoms with Gasteiger partial charge in [0.05, 0.1) is 5.75 Å². The zero-order valence-corrected chi connectivity index (χ0v) is 13.1. The van der Waals surface area contributed by atoms with Crippen molar-refractivity contribution >= 4 is 26.0 Å². The van der Waals surface area contributed by atoms with Crippen LogP contribution in [0.25, 0.3) is 0 Å². The van der Waals surface area contributed by atoms with Crippen molar-refractivity contribution in [1.82, 2.24) is 4.31 Å². The van der Waals surface area contributed by atoms with Gasteiger partial charge < -0.3 is 0 Å². The number of halogens is 1. The van der Waals surface area contributed by atoms with Crippen LogP contribution in [0, 0.1) is 0 Å². The van der Waals surface area contributed by atoms with Crippen molar-refractivity contribution in [3.63, 3.8) is 0 Å². The first-order chi connectivity index (χ1) is 8.60. The van der Waals surface area contributed by atoms with Crippen LogP contribution in [0.2, 0.25) is 0 Å². The molecule has 0 aliphatic heterocycles. The average Bonchev–Trinajstić information content (AvgIpc) is 2.35. The molecule has 0 N–H and O–H groups in total. The highest BCUT2D eigenvalue weighted by atomic mass is 79.9. The van der Waals surface area contributed by atoms with Crippen molar-refractivity contribution in [1.29, 1.82) is 0 Å². The molecule has 3 nitrogen and oxygen atoms in total. The zero-order chi connectivity index (χ0) is 13.4. The second kappa shape index (κ2) is 7.92. The molecule has 0 saturated carbocycles. The molecule has 0 heterocycles. The maximum absolute atomic E-state index is 12.2. The molecule has 0 saturated heterocycles. The Hall–Kier alpha value is -0.390. The maximum atomic E-state index is 12.2. The number of alkyl halides is 1. The fourth-order valence-electron chi connectivity index (χ4n) is 1.75. The molecule has 0 bridgehead atoms. The molecular weight excluding hydrogens is 314 g/mol. The minimum Gasteiger partial charge on any atom is -0.212 e. The molecule has 0 aliphatic rings. The van der Waals surface area contributed by atoms with Gasteiger partial charge in [0.25, 0.3) is 0 Å². The number of rotatable bonds is 8. The van der Waals surface area contributed by atoms with Gasteiger partial charge in [-0.1, -0.05) is 53.2 Å². The Bertz CT molecular complexity index is 434. The molecule has 0 atom stereocenters. The smallest absolute Gasteiger partial charge is 0.212 e. The summed E-state index contributed by atoms with van der Waals surface area (Å²) in [6.07, 6.45) is 1.89. The van der Waals surface area contributed by atoms with Gasteiger partial charge in [0.2, 0.25) is 10.0 Å². The molecule has 1 aromatic carbocycles. The molecule has 5 heteroatoms. The largest absolute Gasteiger partial charge is 0.218 e. The van der Waals surface area contributed by atoms with Crippen LogP contribution in [0.1, 0.15) is 25.3 Å². The van der Waals surface area contributed by atoms with Gasteiger partial charge >= 0.3 is 0 Å². The van der Waals surface area contributed by atoms with Crippen LogP contribution >= 0.6 is 15.9 Å². The third kappa shape index (κ3) is 5.08. The summed E-state index contributed by atoms with van der Waals surface area (Å²) in [6.45, 7) is 3.03. The van der Waals surface area contributed by atoms with Gasteiger partial charge in [0.15, 0.2) is 0 Å². The molecule has 18 heavy (non-hydrogen) atoms. The lowest BCUT2D eigenvalue weighted by Crippen LogP contribution is -2.32. The molecule has 102 valence electrons. The monoisotopic (exact) mass is 333 g/mol. The molecule has 1 aromatic rings. The van der Waals surface area contributed by atoms with Crippen LogP contribution in [0.4, 0.5) is 0 Å². The molecule has 0 radical (unpaired) electrons. The lowest BCUT2D eigenvalue weighted by atomic mass is 10.2. The zero-order valence-electron chi connectivity index (χ0n) is 10.7. The number of nitrogens with zero attached hydrogens (tertiary/aromatic N) is 1. The van der Waals surface area contributed by atoms with Crippen LogP contribution in [0.3, 0.4) is 0 Å².